The summed E-state index contributed by atoms with van der Waals surface area (Å²) in [5, 5.41) is 0.932. The number of hydrogen-bond acceptors (Lipinski definition) is 4. The zero-order chi connectivity index (χ0) is 9.84. The Kier molecular flexibility index (Phi) is 3.02. The topological polar surface area (TPSA) is 55.8 Å². The van der Waals surface area contributed by atoms with Gasteiger partial charge in [-0.1, -0.05) is 6.58 Å². The van der Waals surface area contributed by atoms with E-state index in [1.54, 1.807) is 0 Å². The van der Waals surface area contributed by atoms with Crippen LogP contribution in [0, 0.1) is 0 Å². The highest BCUT2D eigenvalue weighted by molar-refractivity contribution is 5.82. The summed E-state index contributed by atoms with van der Waals surface area (Å²) in [5.41, 5.74) is 0.509. The van der Waals surface area contributed by atoms with Crippen LogP contribution in [0.3, 0.4) is 0 Å². The molecule has 13 heavy (non-hydrogen) atoms. The van der Waals surface area contributed by atoms with Gasteiger partial charge >= 0.3 is 5.97 Å². The van der Waals surface area contributed by atoms with Gasteiger partial charge in [0.1, 0.15) is 6.61 Å². The first-order valence-corrected chi connectivity index (χ1v) is 3.85. The molecular formula is C8H11NO4. The maximum atomic E-state index is 11.1. The molecule has 0 spiro atoms. The van der Waals surface area contributed by atoms with Crippen LogP contribution in [0.2, 0.25) is 0 Å². The van der Waals surface area contributed by atoms with Crippen molar-refractivity contribution in [1.82, 2.24) is 5.06 Å². The van der Waals surface area contributed by atoms with Crippen LogP contribution < -0.4 is 0 Å². The molecule has 72 valence electrons. The minimum atomic E-state index is -0.598. The molecule has 1 rings (SSSR count). The summed E-state index contributed by atoms with van der Waals surface area (Å²) in [6.07, 6.45) is 0.887. The summed E-state index contributed by atoms with van der Waals surface area (Å²) >= 11 is 0. The molecule has 5 heteroatoms. The van der Waals surface area contributed by atoms with Crippen molar-refractivity contribution in [3.63, 3.8) is 0 Å². The molecule has 1 fully saturated rings. The smallest absolute Gasteiger partial charge is 0.358 e. The molecule has 0 N–H and O–H groups in total. The molecule has 1 heterocycles. The maximum Gasteiger partial charge on any atom is 0.358 e. The Morgan fingerprint density at radius 1 is 1.62 bits per heavy atom. The van der Waals surface area contributed by atoms with Crippen molar-refractivity contribution in [2.75, 3.05) is 13.7 Å². The number of carbonyl (C=O) groups excluding carboxylic acids is 2. The summed E-state index contributed by atoms with van der Waals surface area (Å²) in [4.78, 5) is 26.7. The highest BCUT2D eigenvalue weighted by Crippen LogP contribution is 2.20. The summed E-state index contributed by atoms with van der Waals surface area (Å²) in [6, 6.07) is 0. The first-order chi connectivity index (χ1) is 6.15. The third-order valence-corrected chi connectivity index (χ3v) is 1.60. The van der Waals surface area contributed by atoms with Crippen LogP contribution in [0.4, 0.5) is 0 Å². The second kappa shape index (κ2) is 4.04. The zero-order valence-electron chi connectivity index (χ0n) is 7.41. The van der Waals surface area contributed by atoms with Crippen molar-refractivity contribution in [1.29, 1.82) is 0 Å². The number of hydroxylamine groups is 2. The van der Waals surface area contributed by atoms with Crippen molar-refractivity contribution >= 4 is 11.9 Å². The number of methoxy groups -OCH3 is 1. The molecule has 0 aromatic rings. The number of carbonyl (C=O) groups is 2. The molecule has 0 saturated carbocycles. The number of allylic oxidation sites excluding steroid dienone is 1. The van der Waals surface area contributed by atoms with Crippen LogP contribution in [-0.4, -0.2) is 30.7 Å². The second-order valence-electron chi connectivity index (χ2n) is 2.65. The molecule has 0 radical (unpaired) electrons. The van der Waals surface area contributed by atoms with Gasteiger partial charge in [-0.25, -0.2) is 4.79 Å². The van der Waals surface area contributed by atoms with E-state index < -0.39 is 5.97 Å². The van der Waals surface area contributed by atoms with Crippen LogP contribution in [0.5, 0.6) is 0 Å². The van der Waals surface area contributed by atoms with E-state index in [4.69, 9.17) is 4.84 Å². The van der Waals surface area contributed by atoms with Crippen LogP contribution in [0.25, 0.3) is 0 Å². The number of amides is 1. The van der Waals surface area contributed by atoms with Gasteiger partial charge in [0.25, 0.3) is 5.91 Å². The third-order valence-electron chi connectivity index (χ3n) is 1.60. The van der Waals surface area contributed by atoms with E-state index in [1.807, 2.05) is 0 Å². The zero-order valence-corrected chi connectivity index (χ0v) is 7.41. The van der Waals surface area contributed by atoms with E-state index in [0.29, 0.717) is 18.5 Å². The van der Waals surface area contributed by atoms with Gasteiger partial charge in [0.2, 0.25) is 0 Å². The Morgan fingerprint density at radius 3 is 2.77 bits per heavy atom. The molecule has 0 unspecified atom stereocenters. The fourth-order valence-corrected chi connectivity index (χ4v) is 0.992. The van der Waals surface area contributed by atoms with Crippen molar-refractivity contribution in [2.24, 2.45) is 0 Å². The predicted molar refractivity (Wildman–Crippen MR) is 43.2 cm³/mol. The SMILES string of the molecule is C=C1CCC(=O)N1OC(=O)COC. The highest BCUT2D eigenvalue weighted by Gasteiger charge is 2.27. The minimum absolute atomic E-state index is 0.170. The number of ether oxygens (including phenoxy) is 1. The van der Waals surface area contributed by atoms with Crippen LogP contribution in [0.15, 0.2) is 12.3 Å². The average molecular weight is 185 g/mol. The molecule has 0 aromatic carbocycles. The van der Waals surface area contributed by atoms with Crippen molar-refractivity contribution in [3.05, 3.63) is 12.3 Å². The lowest BCUT2D eigenvalue weighted by atomic mass is 10.3. The molecule has 0 bridgehead atoms. The first kappa shape index (κ1) is 9.73. The number of hydrogen-bond donors (Lipinski definition) is 0. The van der Waals surface area contributed by atoms with Gasteiger partial charge in [0.15, 0.2) is 0 Å². The molecule has 0 aliphatic carbocycles. The fourth-order valence-electron chi connectivity index (χ4n) is 0.992. The summed E-state index contributed by atoms with van der Waals surface area (Å²) in [7, 11) is 1.38. The molecular weight excluding hydrogens is 174 g/mol. The largest absolute Gasteiger partial charge is 0.373 e. The Hall–Kier alpha value is -1.36. The molecule has 0 atom stereocenters. The number of nitrogens with zero attached hydrogens (tertiary/aromatic N) is 1. The minimum Gasteiger partial charge on any atom is -0.373 e. The Balaban J connectivity index is 2.48. The van der Waals surface area contributed by atoms with Crippen molar-refractivity contribution in [2.45, 2.75) is 12.8 Å². The summed E-state index contributed by atoms with van der Waals surface area (Å²) in [5.74, 6) is -0.839. The lowest BCUT2D eigenvalue weighted by Crippen LogP contribution is -2.28. The van der Waals surface area contributed by atoms with Crippen molar-refractivity contribution < 1.29 is 19.2 Å². The monoisotopic (exact) mass is 185 g/mol. The normalized spacial score (nSPS) is 16.5. The van der Waals surface area contributed by atoms with Gasteiger partial charge in [-0.3, -0.25) is 4.79 Å². The molecule has 1 aliphatic rings. The van der Waals surface area contributed by atoms with E-state index >= 15 is 0 Å². The lowest BCUT2D eigenvalue weighted by molar-refractivity contribution is -0.189. The van der Waals surface area contributed by atoms with E-state index in [1.165, 1.54) is 7.11 Å². The van der Waals surface area contributed by atoms with E-state index in [9.17, 15) is 9.59 Å². The van der Waals surface area contributed by atoms with Gasteiger partial charge in [-0.15, -0.1) is 5.06 Å². The van der Waals surface area contributed by atoms with E-state index in [2.05, 4.69) is 11.3 Å². The van der Waals surface area contributed by atoms with Gasteiger partial charge in [0.05, 0.1) is 5.70 Å². The van der Waals surface area contributed by atoms with Crippen LogP contribution in [0.1, 0.15) is 12.8 Å². The fraction of sp³-hybridized carbons (Fsp3) is 0.500. The standard InChI is InChI=1S/C8H11NO4/c1-6-3-4-7(10)9(6)13-8(11)5-12-2/h1,3-5H2,2H3. The van der Waals surface area contributed by atoms with Gasteiger partial charge in [-0.05, 0) is 6.42 Å². The summed E-state index contributed by atoms with van der Waals surface area (Å²) in [6.45, 7) is 3.42. The Labute approximate surface area is 75.9 Å². The molecule has 5 nitrogen and oxygen atoms in total. The number of rotatable bonds is 3. The Morgan fingerprint density at radius 2 is 2.31 bits per heavy atom. The van der Waals surface area contributed by atoms with Crippen molar-refractivity contribution in [3.8, 4) is 0 Å². The van der Waals surface area contributed by atoms with Gasteiger partial charge in [-0.2, -0.15) is 0 Å². The predicted octanol–water partition coefficient (Wildman–Crippen LogP) is 0.227. The first-order valence-electron chi connectivity index (χ1n) is 3.85. The highest BCUT2D eigenvalue weighted by atomic mass is 16.7. The molecule has 1 aliphatic heterocycles. The Bertz CT molecular complexity index is 233. The van der Waals surface area contributed by atoms with Gasteiger partial charge < -0.3 is 9.57 Å². The molecule has 1 amide bonds. The molecule has 1 saturated heterocycles. The molecule has 0 aromatic heterocycles. The lowest BCUT2D eigenvalue weighted by Gasteiger charge is -2.14. The third kappa shape index (κ3) is 2.29. The van der Waals surface area contributed by atoms with E-state index in [-0.39, 0.29) is 12.5 Å². The maximum absolute atomic E-state index is 11.1. The van der Waals surface area contributed by atoms with E-state index in [0.717, 1.165) is 5.06 Å². The van der Waals surface area contributed by atoms with Crippen LogP contribution in [-0.2, 0) is 19.2 Å². The second-order valence-corrected chi connectivity index (χ2v) is 2.65. The summed E-state index contributed by atoms with van der Waals surface area (Å²) < 4.78 is 4.54. The quantitative estimate of drug-likeness (QED) is 0.631. The average Bonchev–Trinajstić information content (AvgIpc) is 2.36. The van der Waals surface area contributed by atoms with Crippen LogP contribution >= 0.6 is 0 Å². The van der Waals surface area contributed by atoms with Gasteiger partial charge in [0, 0.05) is 13.5 Å².